The number of esters is 1. The Balaban J connectivity index is 1.88. The van der Waals surface area contributed by atoms with Gasteiger partial charge in [-0.2, -0.15) is 0 Å². The standard InChI is InChI=1S/C22H23Cl2NO3S/c1-14(2)12-28-22(27)19-13-29-20(10-15-6-4-3-5-7-15)25(19)21(26)17-9-8-16(23)11-18(17)24/h3-9,11,14,19-20H,10,12-13H2,1-2H3. The van der Waals surface area contributed by atoms with Gasteiger partial charge >= 0.3 is 5.97 Å². The summed E-state index contributed by atoms with van der Waals surface area (Å²) in [5.74, 6) is 0.0537. The lowest BCUT2D eigenvalue weighted by Crippen LogP contribution is -2.47. The van der Waals surface area contributed by atoms with Crippen molar-refractivity contribution in [1.29, 1.82) is 0 Å². The average Bonchev–Trinajstić information content (AvgIpc) is 3.10. The molecule has 1 aliphatic rings. The molecule has 0 saturated carbocycles. The van der Waals surface area contributed by atoms with Crippen molar-refractivity contribution in [2.45, 2.75) is 31.7 Å². The number of benzene rings is 2. The van der Waals surface area contributed by atoms with Gasteiger partial charge in [-0.15, -0.1) is 11.8 Å². The fraction of sp³-hybridized carbons (Fsp3) is 0.364. The van der Waals surface area contributed by atoms with Gasteiger partial charge in [0.15, 0.2) is 0 Å². The van der Waals surface area contributed by atoms with Gasteiger partial charge in [0.05, 0.1) is 22.6 Å². The van der Waals surface area contributed by atoms with Crippen LogP contribution in [0.3, 0.4) is 0 Å². The molecule has 0 N–H and O–H groups in total. The van der Waals surface area contributed by atoms with E-state index in [0.29, 0.717) is 29.4 Å². The Kier molecular flexibility index (Phi) is 7.49. The van der Waals surface area contributed by atoms with Crippen molar-refractivity contribution in [3.05, 3.63) is 69.7 Å². The van der Waals surface area contributed by atoms with Crippen molar-refractivity contribution >= 4 is 46.8 Å². The van der Waals surface area contributed by atoms with Crippen molar-refractivity contribution in [2.75, 3.05) is 12.4 Å². The first kappa shape index (κ1) is 22.0. The van der Waals surface area contributed by atoms with E-state index in [4.69, 9.17) is 27.9 Å². The van der Waals surface area contributed by atoms with Crippen molar-refractivity contribution < 1.29 is 14.3 Å². The minimum Gasteiger partial charge on any atom is -0.464 e. The van der Waals surface area contributed by atoms with Crippen LogP contribution >= 0.6 is 35.0 Å². The van der Waals surface area contributed by atoms with Crippen LogP contribution in [0.15, 0.2) is 48.5 Å². The zero-order valence-electron chi connectivity index (χ0n) is 16.3. The maximum absolute atomic E-state index is 13.4. The molecule has 3 rings (SSSR count). The molecule has 0 spiro atoms. The van der Waals surface area contributed by atoms with Crippen LogP contribution in [0.5, 0.6) is 0 Å². The second-order valence-electron chi connectivity index (χ2n) is 7.35. The third kappa shape index (κ3) is 5.47. The van der Waals surface area contributed by atoms with Gasteiger partial charge in [0.25, 0.3) is 5.91 Å². The first-order valence-corrected chi connectivity index (χ1v) is 11.3. The number of amides is 1. The molecule has 7 heteroatoms. The predicted molar refractivity (Wildman–Crippen MR) is 119 cm³/mol. The van der Waals surface area contributed by atoms with Crippen LogP contribution in [0.4, 0.5) is 0 Å². The quantitative estimate of drug-likeness (QED) is 0.557. The Hall–Kier alpha value is -1.69. The number of carbonyl (C=O) groups excluding carboxylic acids is 2. The largest absolute Gasteiger partial charge is 0.464 e. The summed E-state index contributed by atoms with van der Waals surface area (Å²) in [6, 6.07) is 14.0. The average molecular weight is 452 g/mol. The zero-order chi connectivity index (χ0) is 21.0. The molecule has 2 atom stereocenters. The summed E-state index contributed by atoms with van der Waals surface area (Å²) in [5, 5.41) is 0.538. The minimum atomic E-state index is -0.647. The molecule has 0 radical (unpaired) electrons. The molecule has 1 amide bonds. The first-order valence-electron chi connectivity index (χ1n) is 9.46. The number of thioether (sulfide) groups is 1. The lowest BCUT2D eigenvalue weighted by molar-refractivity contribution is -0.149. The van der Waals surface area contributed by atoms with E-state index in [9.17, 15) is 9.59 Å². The van der Waals surface area contributed by atoms with Crippen LogP contribution in [0.1, 0.15) is 29.8 Å². The second kappa shape index (κ2) is 9.88. The number of hydrogen-bond acceptors (Lipinski definition) is 4. The number of hydrogen-bond donors (Lipinski definition) is 0. The number of rotatable bonds is 6. The Bertz CT molecular complexity index is 876. The van der Waals surface area contributed by atoms with E-state index in [2.05, 4.69) is 0 Å². The van der Waals surface area contributed by atoms with E-state index in [0.717, 1.165) is 5.56 Å². The van der Waals surface area contributed by atoms with Gasteiger partial charge in [-0.05, 0) is 29.7 Å². The Morgan fingerprint density at radius 1 is 1.17 bits per heavy atom. The van der Waals surface area contributed by atoms with Gasteiger partial charge in [0.1, 0.15) is 6.04 Å². The molecule has 0 aliphatic carbocycles. The number of halogens is 2. The maximum atomic E-state index is 13.4. The summed E-state index contributed by atoms with van der Waals surface area (Å²) in [4.78, 5) is 27.8. The zero-order valence-corrected chi connectivity index (χ0v) is 18.6. The summed E-state index contributed by atoms with van der Waals surface area (Å²) in [6.07, 6.45) is 0.635. The minimum absolute atomic E-state index is 0.187. The van der Waals surface area contributed by atoms with E-state index < -0.39 is 6.04 Å². The lowest BCUT2D eigenvalue weighted by Gasteiger charge is -2.29. The van der Waals surface area contributed by atoms with Gasteiger partial charge < -0.3 is 9.64 Å². The molecule has 154 valence electrons. The third-order valence-corrected chi connectivity index (χ3v) is 6.41. The predicted octanol–water partition coefficient (Wildman–Crippen LogP) is 5.32. The van der Waals surface area contributed by atoms with Crippen LogP contribution in [0.2, 0.25) is 10.0 Å². The molecule has 1 aliphatic heterocycles. The van der Waals surface area contributed by atoms with Gasteiger partial charge in [0, 0.05) is 17.2 Å². The SMILES string of the molecule is CC(C)COC(=O)C1CSC(Cc2ccccc2)N1C(=O)c1ccc(Cl)cc1Cl. The summed E-state index contributed by atoms with van der Waals surface area (Å²) < 4.78 is 5.45. The molecule has 1 fully saturated rings. The fourth-order valence-electron chi connectivity index (χ4n) is 3.14. The van der Waals surface area contributed by atoms with E-state index in [-0.39, 0.29) is 28.2 Å². The maximum Gasteiger partial charge on any atom is 0.329 e. The van der Waals surface area contributed by atoms with Gasteiger partial charge in [0.2, 0.25) is 0 Å². The van der Waals surface area contributed by atoms with Gasteiger partial charge in [-0.3, -0.25) is 4.79 Å². The van der Waals surface area contributed by atoms with Crippen molar-refractivity contribution in [2.24, 2.45) is 5.92 Å². The van der Waals surface area contributed by atoms with E-state index in [1.807, 2.05) is 44.2 Å². The van der Waals surface area contributed by atoms with E-state index in [1.165, 1.54) is 6.07 Å². The van der Waals surface area contributed by atoms with Crippen molar-refractivity contribution in [1.82, 2.24) is 4.90 Å². The van der Waals surface area contributed by atoms with Gasteiger partial charge in [-0.25, -0.2) is 4.79 Å². The molecule has 2 aromatic carbocycles. The highest BCUT2D eigenvalue weighted by molar-refractivity contribution is 8.00. The fourth-order valence-corrected chi connectivity index (χ4v) is 5.04. The molecule has 29 heavy (non-hydrogen) atoms. The number of carbonyl (C=O) groups is 2. The summed E-state index contributed by atoms with van der Waals surface area (Å²) >= 11 is 13.8. The molecular formula is C22H23Cl2NO3S. The van der Waals surface area contributed by atoms with Crippen molar-refractivity contribution in [3.8, 4) is 0 Å². The van der Waals surface area contributed by atoms with E-state index >= 15 is 0 Å². The summed E-state index contributed by atoms with van der Waals surface area (Å²) in [7, 11) is 0. The molecule has 2 unspecified atom stereocenters. The highest BCUT2D eigenvalue weighted by Gasteiger charge is 2.43. The monoisotopic (exact) mass is 451 g/mol. The lowest BCUT2D eigenvalue weighted by atomic mass is 10.1. The van der Waals surface area contributed by atoms with Crippen LogP contribution in [0.25, 0.3) is 0 Å². The topological polar surface area (TPSA) is 46.6 Å². The van der Waals surface area contributed by atoms with Gasteiger partial charge in [-0.1, -0.05) is 67.4 Å². The highest BCUT2D eigenvalue weighted by atomic mass is 35.5. The van der Waals surface area contributed by atoms with Crippen molar-refractivity contribution in [3.63, 3.8) is 0 Å². The summed E-state index contributed by atoms with van der Waals surface area (Å²) in [6.45, 7) is 4.28. The molecule has 4 nitrogen and oxygen atoms in total. The normalized spacial score (nSPS) is 18.9. The molecule has 1 saturated heterocycles. The molecule has 0 aromatic heterocycles. The Morgan fingerprint density at radius 2 is 1.90 bits per heavy atom. The second-order valence-corrected chi connectivity index (χ2v) is 9.41. The van der Waals surface area contributed by atoms with E-state index in [1.54, 1.807) is 28.8 Å². The smallest absolute Gasteiger partial charge is 0.329 e. The highest BCUT2D eigenvalue weighted by Crippen LogP contribution is 2.35. The first-order chi connectivity index (χ1) is 13.9. The molecule has 0 bridgehead atoms. The number of nitrogens with zero attached hydrogens (tertiary/aromatic N) is 1. The Morgan fingerprint density at radius 3 is 2.55 bits per heavy atom. The number of ether oxygens (including phenoxy) is 1. The van der Waals surface area contributed by atoms with Crippen LogP contribution < -0.4 is 0 Å². The van der Waals surface area contributed by atoms with Crippen LogP contribution in [-0.2, 0) is 16.0 Å². The van der Waals surface area contributed by atoms with Crippen LogP contribution in [-0.4, -0.2) is 40.6 Å². The Labute approximate surface area is 185 Å². The third-order valence-electron chi connectivity index (χ3n) is 4.57. The molecule has 2 aromatic rings. The summed E-state index contributed by atoms with van der Waals surface area (Å²) in [5.41, 5.74) is 1.43. The van der Waals surface area contributed by atoms with Crippen LogP contribution in [0, 0.1) is 5.92 Å². The molecular weight excluding hydrogens is 429 g/mol. The molecule has 1 heterocycles.